The number of nitriles is 2. The summed E-state index contributed by atoms with van der Waals surface area (Å²) in [7, 11) is 0. The van der Waals surface area contributed by atoms with Crippen LogP contribution in [0.15, 0.2) is 200 Å². The van der Waals surface area contributed by atoms with Crippen LogP contribution < -0.4 is 0 Å². The zero-order chi connectivity index (χ0) is 39.7. The fraction of sp³-hybridized carbons (Fsp3) is 0. The first-order chi connectivity index (χ1) is 29.1. The molecule has 2 aromatic heterocycles. The maximum atomic E-state index is 9.82. The molecule has 0 saturated carbocycles. The van der Waals surface area contributed by atoms with Crippen LogP contribution in [0.3, 0.4) is 0 Å². The lowest BCUT2D eigenvalue weighted by Crippen LogP contribution is -2.03. The van der Waals surface area contributed by atoms with E-state index in [1.165, 1.54) is 0 Å². The van der Waals surface area contributed by atoms with E-state index in [0.29, 0.717) is 17.0 Å². The molecule has 0 aliphatic rings. The molecule has 0 aliphatic heterocycles. The van der Waals surface area contributed by atoms with Crippen LogP contribution in [0, 0.1) is 22.7 Å². The van der Waals surface area contributed by atoms with Crippen molar-refractivity contribution in [3.8, 4) is 85.1 Å². The largest absolute Gasteiger partial charge is 0.308 e. The molecule has 0 N–H and O–H groups in total. The van der Waals surface area contributed by atoms with Crippen molar-refractivity contribution < 1.29 is 0 Å². The third-order valence-corrected chi connectivity index (χ3v) is 10.9. The van der Waals surface area contributed by atoms with Gasteiger partial charge in [-0.2, -0.15) is 10.5 Å². The number of aromatic nitrogens is 3. The summed E-state index contributed by atoms with van der Waals surface area (Å²) in [6.45, 7) is 0. The van der Waals surface area contributed by atoms with Crippen molar-refractivity contribution in [1.82, 2.24) is 14.5 Å². The predicted octanol–water partition coefficient (Wildman–Crippen LogP) is 13.3. The van der Waals surface area contributed by atoms with Gasteiger partial charge < -0.3 is 4.57 Å². The van der Waals surface area contributed by atoms with E-state index < -0.39 is 0 Å². The molecule has 0 saturated heterocycles. The highest BCUT2D eigenvalue weighted by Crippen LogP contribution is 2.45. The molecule has 2 heterocycles. The van der Waals surface area contributed by atoms with Crippen LogP contribution in [0.1, 0.15) is 11.1 Å². The van der Waals surface area contributed by atoms with Gasteiger partial charge in [0.25, 0.3) is 0 Å². The van der Waals surface area contributed by atoms with Gasteiger partial charge in [-0.3, -0.25) is 0 Å². The van der Waals surface area contributed by atoms with Crippen molar-refractivity contribution in [3.63, 3.8) is 0 Å². The van der Waals surface area contributed by atoms with Gasteiger partial charge in [-0.15, -0.1) is 0 Å². The molecule has 10 aromatic rings. The highest BCUT2D eigenvalue weighted by Gasteiger charge is 2.23. The second-order valence-electron chi connectivity index (χ2n) is 14.4. The van der Waals surface area contributed by atoms with Crippen LogP contribution >= 0.6 is 0 Å². The van der Waals surface area contributed by atoms with Crippen molar-refractivity contribution in [3.05, 3.63) is 211 Å². The minimum absolute atomic E-state index is 0.583. The Bertz CT molecular complexity index is 3110. The van der Waals surface area contributed by atoms with Gasteiger partial charge >= 0.3 is 0 Å². The number of hydrogen-bond acceptors (Lipinski definition) is 4. The first-order valence-electron chi connectivity index (χ1n) is 19.4. The molecular formula is C54H33N5. The summed E-state index contributed by atoms with van der Waals surface area (Å²) < 4.78 is 2.37. The molecule has 0 fully saturated rings. The van der Waals surface area contributed by atoms with Crippen LogP contribution in [0.5, 0.6) is 0 Å². The van der Waals surface area contributed by atoms with Crippen molar-refractivity contribution in [1.29, 1.82) is 10.5 Å². The van der Waals surface area contributed by atoms with Gasteiger partial charge in [-0.05, 0) is 82.9 Å². The number of fused-ring (bicyclic) bond motifs is 3. The van der Waals surface area contributed by atoms with Gasteiger partial charge in [0.2, 0.25) is 0 Å². The lowest BCUT2D eigenvalue weighted by atomic mass is 9.91. The molecule has 0 atom stereocenters. The Morgan fingerprint density at radius 2 is 0.831 bits per heavy atom. The minimum atomic E-state index is 0.583. The van der Waals surface area contributed by atoms with Gasteiger partial charge in [0.1, 0.15) is 0 Å². The summed E-state index contributed by atoms with van der Waals surface area (Å²) in [5.41, 5.74) is 14.8. The third-order valence-electron chi connectivity index (χ3n) is 10.9. The standard InChI is InChI=1S/C54H33N5/c55-34-36-20-24-39(25-21-36)46-31-44(50-33-49(41-14-6-2-7-15-41)57-54(58-50)42-16-8-3-9-17-42)32-47(40-26-22-37(35-56)23-27-40)53(46)59-51-19-11-10-18-45(51)48-30-43(28-29-52(48)59)38-12-4-1-5-13-38/h1-33H. The van der Waals surface area contributed by atoms with E-state index >= 15 is 0 Å². The average molecular weight is 752 g/mol. The fourth-order valence-corrected chi connectivity index (χ4v) is 8.00. The summed E-state index contributed by atoms with van der Waals surface area (Å²) in [6.07, 6.45) is 0. The van der Waals surface area contributed by atoms with Crippen LogP contribution in [-0.2, 0) is 0 Å². The maximum absolute atomic E-state index is 9.82. The molecule has 5 heteroatoms. The van der Waals surface area contributed by atoms with E-state index in [4.69, 9.17) is 9.97 Å². The average Bonchev–Trinajstić information content (AvgIpc) is 3.65. The quantitative estimate of drug-likeness (QED) is 0.162. The molecule has 0 bridgehead atoms. The molecule has 0 spiro atoms. The first-order valence-corrected chi connectivity index (χ1v) is 19.4. The lowest BCUT2D eigenvalue weighted by Gasteiger charge is -2.21. The summed E-state index contributed by atoms with van der Waals surface area (Å²) in [6, 6.07) is 72.7. The van der Waals surface area contributed by atoms with Gasteiger partial charge in [0, 0.05) is 38.6 Å². The predicted molar refractivity (Wildman–Crippen MR) is 238 cm³/mol. The van der Waals surface area contributed by atoms with Crippen LogP contribution in [-0.4, -0.2) is 14.5 Å². The second-order valence-corrected chi connectivity index (χ2v) is 14.4. The van der Waals surface area contributed by atoms with Gasteiger partial charge in [0.05, 0.1) is 51.4 Å². The zero-order valence-corrected chi connectivity index (χ0v) is 31.8. The second kappa shape index (κ2) is 14.9. The van der Waals surface area contributed by atoms with Crippen molar-refractivity contribution in [2.75, 3.05) is 0 Å². The summed E-state index contributed by atoms with van der Waals surface area (Å²) in [5, 5.41) is 21.9. The number of para-hydroxylation sites is 1. The Labute approximate surface area is 342 Å². The molecule has 10 rings (SSSR count). The highest BCUT2D eigenvalue weighted by molar-refractivity contribution is 6.12. The molecule has 0 aliphatic carbocycles. The Morgan fingerprint density at radius 3 is 1.41 bits per heavy atom. The molecule has 59 heavy (non-hydrogen) atoms. The number of rotatable bonds is 7. The Morgan fingerprint density at radius 1 is 0.356 bits per heavy atom. The highest BCUT2D eigenvalue weighted by atomic mass is 15.0. The molecule has 8 aromatic carbocycles. The Hall–Kier alpha value is -8.38. The van der Waals surface area contributed by atoms with E-state index in [0.717, 1.165) is 89.0 Å². The summed E-state index contributed by atoms with van der Waals surface area (Å²) in [4.78, 5) is 10.3. The number of nitrogens with zero attached hydrogens (tertiary/aromatic N) is 5. The van der Waals surface area contributed by atoms with Gasteiger partial charge in [0.15, 0.2) is 5.82 Å². The van der Waals surface area contributed by atoms with Gasteiger partial charge in [-0.25, -0.2) is 9.97 Å². The molecule has 274 valence electrons. The normalized spacial score (nSPS) is 11.0. The van der Waals surface area contributed by atoms with Crippen molar-refractivity contribution in [2.45, 2.75) is 0 Å². The SMILES string of the molecule is N#Cc1ccc(-c2cc(-c3cc(-c4ccccc4)nc(-c4ccccc4)n3)cc(-c3ccc(C#N)cc3)c2-n2c3ccccc3c3cc(-c4ccccc4)ccc32)cc1. The fourth-order valence-electron chi connectivity index (χ4n) is 8.00. The zero-order valence-electron chi connectivity index (χ0n) is 31.8. The lowest BCUT2D eigenvalue weighted by molar-refractivity contribution is 1.17. The van der Waals surface area contributed by atoms with E-state index in [9.17, 15) is 10.5 Å². The smallest absolute Gasteiger partial charge is 0.160 e. The third kappa shape index (κ3) is 6.50. The van der Waals surface area contributed by atoms with E-state index in [2.05, 4.69) is 114 Å². The molecular weight excluding hydrogens is 719 g/mol. The van der Waals surface area contributed by atoms with Crippen molar-refractivity contribution >= 4 is 21.8 Å². The Balaban J connectivity index is 1.32. The van der Waals surface area contributed by atoms with Crippen LogP contribution in [0.4, 0.5) is 0 Å². The van der Waals surface area contributed by atoms with E-state index in [1.54, 1.807) is 0 Å². The Kier molecular flexibility index (Phi) is 8.88. The molecule has 0 amide bonds. The van der Waals surface area contributed by atoms with Crippen molar-refractivity contribution in [2.24, 2.45) is 0 Å². The molecule has 5 nitrogen and oxygen atoms in total. The van der Waals surface area contributed by atoms with E-state index in [1.807, 2.05) is 103 Å². The van der Waals surface area contributed by atoms with Crippen LogP contribution in [0.25, 0.3) is 94.8 Å². The maximum Gasteiger partial charge on any atom is 0.160 e. The van der Waals surface area contributed by atoms with Crippen LogP contribution in [0.2, 0.25) is 0 Å². The first kappa shape index (κ1) is 35.1. The molecule has 0 radical (unpaired) electrons. The minimum Gasteiger partial charge on any atom is -0.308 e. The van der Waals surface area contributed by atoms with E-state index in [-0.39, 0.29) is 0 Å². The summed E-state index contributed by atoms with van der Waals surface area (Å²) in [5.74, 6) is 0.627. The van der Waals surface area contributed by atoms with Gasteiger partial charge in [-0.1, -0.05) is 140 Å². The number of hydrogen-bond donors (Lipinski definition) is 0. The summed E-state index contributed by atoms with van der Waals surface area (Å²) >= 11 is 0. The topological polar surface area (TPSA) is 78.3 Å². The monoisotopic (exact) mass is 751 g/mol. The molecule has 0 unspecified atom stereocenters. The number of benzene rings is 8.